The van der Waals surface area contributed by atoms with E-state index in [4.69, 9.17) is 27.9 Å². The Morgan fingerprint density at radius 1 is 1.43 bits per heavy atom. The Kier molecular flexibility index (Phi) is 5.42. The maximum atomic E-state index is 12.3. The Labute approximate surface area is 147 Å². The van der Waals surface area contributed by atoms with Gasteiger partial charge in [0.2, 0.25) is 5.91 Å². The second kappa shape index (κ2) is 7.53. The second-order valence-electron chi connectivity index (χ2n) is 4.95. The molecule has 0 saturated carbocycles. The molecular formula is C14H14Cl2N4O2S. The van der Waals surface area contributed by atoms with Crippen molar-refractivity contribution < 1.29 is 9.53 Å². The third kappa shape index (κ3) is 4.17. The van der Waals surface area contributed by atoms with Crippen molar-refractivity contribution >= 4 is 40.9 Å². The second-order valence-corrected chi connectivity index (χ2v) is 6.73. The number of aromatic amines is 1. The monoisotopic (exact) mass is 372 g/mol. The van der Waals surface area contributed by atoms with Crippen LogP contribution in [0.2, 0.25) is 10.0 Å². The SMILES string of the molecule is O=C(CSc1ncn[nH]1)N1CCO[C@H](c2ccc(Cl)c(Cl)c2)C1. The van der Waals surface area contributed by atoms with E-state index in [1.54, 1.807) is 17.0 Å². The highest BCUT2D eigenvalue weighted by molar-refractivity contribution is 7.99. The van der Waals surface area contributed by atoms with Gasteiger partial charge in [-0.3, -0.25) is 9.89 Å². The van der Waals surface area contributed by atoms with Crippen LogP contribution in [-0.4, -0.2) is 51.4 Å². The number of H-pyrrole nitrogens is 1. The normalized spacial score (nSPS) is 18.2. The van der Waals surface area contributed by atoms with Gasteiger partial charge in [0.05, 0.1) is 28.9 Å². The lowest BCUT2D eigenvalue weighted by Gasteiger charge is -2.33. The van der Waals surface area contributed by atoms with Crippen molar-refractivity contribution in [3.05, 3.63) is 40.1 Å². The van der Waals surface area contributed by atoms with Crippen LogP contribution in [0.15, 0.2) is 29.7 Å². The number of morpholine rings is 1. The molecule has 1 aliphatic rings. The highest BCUT2D eigenvalue weighted by atomic mass is 35.5. The van der Waals surface area contributed by atoms with Gasteiger partial charge in [0.1, 0.15) is 12.4 Å². The number of carbonyl (C=O) groups excluding carboxylic acids is 1. The molecule has 1 aliphatic heterocycles. The maximum absolute atomic E-state index is 12.3. The van der Waals surface area contributed by atoms with Gasteiger partial charge in [-0.1, -0.05) is 41.0 Å². The topological polar surface area (TPSA) is 71.1 Å². The van der Waals surface area contributed by atoms with Crippen LogP contribution >= 0.6 is 35.0 Å². The van der Waals surface area contributed by atoms with Crippen molar-refractivity contribution in [2.45, 2.75) is 11.3 Å². The first-order valence-electron chi connectivity index (χ1n) is 6.96. The molecule has 1 N–H and O–H groups in total. The molecule has 2 heterocycles. The van der Waals surface area contributed by atoms with E-state index in [9.17, 15) is 4.79 Å². The van der Waals surface area contributed by atoms with E-state index in [0.29, 0.717) is 40.7 Å². The van der Waals surface area contributed by atoms with Gasteiger partial charge in [0.15, 0.2) is 5.16 Å². The summed E-state index contributed by atoms with van der Waals surface area (Å²) in [7, 11) is 0. The summed E-state index contributed by atoms with van der Waals surface area (Å²) in [6, 6.07) is 5.39. The molecule has 3 rings (SSSR count). The van der Waals surface area contributed by atoms with E-state index < -0.39 is 0 Å². The average molecular weight is 373 g/mol. The summed E-state index contributed by atoms with van der Waals surface area (Å²) in [5, 5.41) is 8.09. The van der Waals surface area contributed by atoms with E-state index in [1.165, 1.54) is 18.1 Å². The largest absolute Gasteiger partial charge is 0.370 e. The minimum atomic E-state index is -0.197. The molecule has 2 aromatic rings. The lowest BCUT2D eigenvalue weighted by molar-refractivity contribution is -0.136. The van der Waals surface area contributed by atoms with Crippen molar-refractivity contribution in [1.29, 1.82) is 0 Å². The molecule has 0 bridgehead atoms. The standard InChI is InChI=1S/C14H14Cl2N4O2S/c15-10-2-1-9(5-11(10)16)12-6-20(3-4-22-12)13(21)7-23-14-17-8-18-19-14/h1-2,5,8,12H,3-4,6-7H2,(H,17,18,19)/t12-/m0/s1. The van der Waals surface area contributed by atoms with Gasteiger partial charge < -0.3 is 9.64 Å². The number of halogens is 2. The number of benzene rings is 1. The van der Waals surface area contributed by atoms with E-state index in [1.807, 2.05) is 6.07 Å². The van der Waals surface area contributed by atoms with Gasteiger partial charge in [0.25, 0.3) is 0 Å². The molecule has 0 spiro atoms. The number of rotatable bonds is 4. The van der Waals surface area contributed by atoms with Crippen molar-refractivity contribution in [3.63, 3.8) is 0 Å². The van der Waals surface area contributed by atoms with Crippen LogP contribution in [0.3, 0.4) is 0 Å². The van der Waals surface area contributed by atoms with Crippen LogP contribution in [-0.2, 0) is 9.53 Å². The maximum Gasteiger partial charge on any atom is 0.233 e. The zero-order chi connectivity index (χ0) is 16.2. The minimum absolute atomic E-state index is 0.0414. The number of amides is 1. The molecule has 6 nitrogen and oxygen atoms in total. The minimum Gasteiger partial charge on any atom is -0.370 e. The molecule has 1 atom stereocenters. The summed E-state index contributed by atoms with van der Waals surface area (Å²) in [6.07, 6.45) is 1.22. The fourth-order valence-corrected chi connectivity index (χ4v) is 3.26. The first-order chi connectivity index (χ1) is 11.1. The van der Waals surface area contributed by atoms with Crippen LogP contribution in [0.4, 0.5) is 0 Å². The molecular weight excluding hydrogens is 359 g/mol. The van der Waals surface area contributed by atoms with Gasteiger partial charge in [-0.2, -0.15) is 5.10 Å². The Morgan fingerprint density at radius 3 is 3.04 bits per heavy atom. The first kappa shape index (κ1) is 16.6. The van der Waals surface area contributed by atoms with Crippen molar-refractivity contribution in [3.8, 4) is 0 Å². The van der Waals surface area contributed by atoms with Gasteiger partial charge in [0, 0.05) is 6.54 Å². The molecule has 1 saturated heterocycles. The Bertz CT molecular complexity index is 683. The van der Waals surface area contributed by atoms with E-state index >= 15 is 0 Å². The zero-order valence-electron chi connectivity index (χ0n) is 12.0. The third-order valence-corrected chi connectivity index (χ3v) is 5.06. The Hall–Kier alpha value is -1.28. The quantitative estimate of drug-likeness (QED) is 0.835. The number of ether oxygens (including phenoxy) is 1. The highest BCUT2D eigenvalue weighted by Gasteiger charge is 2.25. The molecule has 9 heteroatoms. The average Bonchev–Trinajstić information content (AvgIpc) is 3.09. The number of hydrogen-bond acceptors (Lipinski definition) is 5. The lowest BCUT2D eigenvalue weighted by Crippen LogP contribution is -2.43. The summed E-state index contributed by atoms with van der Waals surface area (Å²) < 4.78 is 5.76. The van der Waals surface area contributed by atoms with Gasteiger partial charge in [-0.05, 0) is 17.7 Å². The van der Waals surface area contributed by atoms with Crippen LogP contribution in [0.5, 0.6) is 0 Å². The van der Waals surface area contributed by atoms with Crippen LogP contribution in [0, 0.1) is 0 Å². The Balaban J connectivity index is 1.60. The molecule has 1 aromatic carbocycles. The number of thioether (sulfide) groups is 1. The summed E-state index contributed by atoms with van der Waals surface area (Å²) in [4.78, 5) is 18.1. The molecule has 1 fully saturated rings. The number of aromatic nitrogens is 3. The molecule has 122 valence electrons. The van der Waals surface area contributed by atoms with Crippen molar-refractivity contribution in [2.24, 2.45) is 0 Å². The van der Waals surface area contributed by atoms with Gasteiger partial charge >= 0.3 is 0 Å². The Morgan fingerprint density at radius 2 is 2.30 bits per heavy atom. The molecule has 1 amide bonds. The number of nitrogens with zero attached hydrogens (tertiary/aromatic N) is 3. The predicted octanol–water partition coefficient (Wildman–Crippen LogP) is 2.80. The van der Waals surface area contributed by atoms with Crippen LogP contribution in [0.25, 0.3) is 0 Å². The van der Waals surface area contributed by atoms with E-state index in [-0.39, 0.29) is 12.0 Å². The van der Waals surface area contributed by atoms with Crippen LogP contribution in [0.1, 0.15) is 11.7 Å². The summed E-state index contributed by atoms with van der Waals surface area (Å²) in [5.74, 6) is 0.350. The predicted molar refractivity (Wildman–Crippen MR) is 88.8 cm³/mol. The first-order valence-corrected chi connectivity index (χ1v) is 8.70. The molecule has 0 aliphatic carbocycles. The fraction of sp³-hybridized carbons (Fsp3) is 0.357. The van der Waals surface area contributed by atoms with Gasteiger partial charge in [-0.15, -0.1) is 0 Å². The van der Waals surface area contributed by atoms with Gasteiger partial charge in [-0.25, -0.2) is 4.98 Å². The lowest BCUT2D eigenvalue weighted by atomic mass is 10.1. The number of nitrogens with one attached hydrogen (secondary N) is 1. The molecule has 0 unspecified atom stereocenters. The van der Waals surface area contributed by atoms with E-state index in [2.05, 4.69) is 15.2 Å². The molecule has 23 heavy (non-hydrogen) atoms. The van der Waals surface area contributed by atoms with Crippen molar-refractivity contribution in [2.75, 3.05) is 25.4 Å². The highest BCUT2D eigenvalue weighted by Crippen LogP contribution is 2.29. The number of hydrogen-bond donors (Lipinski definition) is 1. The summed E-state index contributed by atoms with van der Waals surface area (Å²) in [6.45, 7) is 1.56. The number of carbonyl (C=O) groups is 1. The summed E-state index contributed by atoms with van der Waals surface area (Å²) >= 11 is 13.3. The third-order valence-electron chi connectivity index (χ3n) is 3.46. The van der Waals surface area contributed by atoms with Crippen molar-refractivity contribution in [1.82, 2.24) is 20.1 Å². The summed E-state index contributed by atoms with van der Waals surface area (Å²) in [5.41, 5.74) is 0.916. The fourth-order valence-electron chi connectivity index (χ4n) is 2.28. The van der Waals surface area contributed by atoms with Crippen LogP contribution < -0.4 is 0 Å². The smallest absolute Gasteiger partial charge is 0.233 e. The zero-order valence-corrected chi connectivity index (χ0v) is 14.4. The molecule has 0 radical (unpaired) electrons. The van der Waals surface area contributed by atoms with E-state index in [0.717, 1.165) is 5.56 Å². The molecule has 1 aromatic heterocycles.